The van der Waals surface area contributed by atoms with Gasteiger partial charge in [-0.15, -0.1) is 6.58 Å². The Bertz CT molecular complexity index is 660. The summed E-state index contributed by atoms with van der Waals surface area (Å²) < 4.78 is 13.6. The average molecular weight is 285 g/mol. The van der Waals surface area contributed by atoms with E-state index in [2.05, 4.69) is 18.4 Å². The van der Waals surface area contributed by atoms with Crippen molar-refractivity contribution in [3.8, 4) is 11.8 Å². The van der Waals surface area contributed by atoms with E-state index in [4.69, 9.17) is 11.6 Å². The summed E-state index contributed by atoms with van der Waals surface area (Å²) in [6.45, 7) is 3.70. The average Bonchev–Trinajstić information content (AvgIpc) is 2.45. The van der Waals surface area contributed by atoms with Crippen molar-refractivity contribution < 1.29 is 4.39 Å². The monoisotopic (exact) mass is 284 g/mol. The lowest BCUT2D eigenvalue weighted by Crippen LogP contribution is -1.85. The number of benzene rings is 2. The molecule has 0 saturated heterocycles. The predicted octanol–water partition coefficient (Wildman–Crippen LogP) is 5.00. The maximum atomic E-state index is 13.6. The van der Waals surface area contributed by atoms with E-state index in [9.17, 15) is 4.39 Å². The van der Waals surface area contributed by atoms with Crippen LogP contribution in [0.25, 0.3) is 0 Å². The third-order valence-corrected chi connectivity index (χ3v) is 3.10. The molecule has 0 atom stereocenters. The van der Waals surface area contributed by atoms with Crippen molar-refractivity contribution in [2.24, 2.45) is 0 Å². The van der Waals surface area contributed by atoms with Gasteiger partial charge < -0.3 is 0 Å². The van der Waals surface area contributed by atoms with Crippen LogP contribution in [0.15, 0.2) is 55.1 Å². The lowest BCUT2D eigenvalue weighted by Gasteiger charge is -1.98. The number of hydrogen-bond acceptors (Lipinski definition) is 0. The minimum Gasteiger partial charge on any atom is -0.206 e. The third kappa shape index (κ3) is 3.98. The van der Waals surface area contributed by atoms with Gasteiger partial charge in [-0.1, -0.05) is 41.7 Å². The Morgan fingerprint density at radius 2 is 1.85 bits per heavy atom. The molecule has 0 aromatic heterocycles. The Hall–Kier alpha value is -2.04. The SMILES string of the molecule is C=CCCc1ccc(C#Cc2ccc(Cl)cc2F)cc1. The van der Waals surface area contributed by atoms with E-state index in [0.29, 0.717) is 10.6 Å². The van der Waals surface area contributed by atoms with Crippen molar-refractivity contribution >= 4 is 11.6 Å². The van der Waals surface area contributed by atoms with Gasteiger partial charge in [-0.05, 0) is 48.7 Å². The minimum absolute atomic E-state index is 0.352. The van der Waals surface area contributed by atoms with Crippen molar-refractivity contribution in [1.29, 1.82) is 0 Å². The number of rotatable bonds is 3. The standard InChI is InChI=1S/C18H14ClF/c1-2-3-4-14-5-7-15(8-6-14)9-10-16-11-12-17(19)13-18(16)20/h2,5-8,11-13H,1,3-4H2. The summed E-state index contributed by atoms with van der Waals surface area (Å²) in [6, 6.07) is 12.4. The lowest BCUT2D eigenvalue weighted by atomic mass is 10.1. The minimum atomic E-state index is -0.396. The zero-order valence-electron chi connectivity index (χ0n) is 11.0. The Balaban J connectivity index is 2.14. The fourth-order valence-corrected chi connectivity index (χ4v) is 1.91. The van der Waals surface area contributed by atoms with Crippen LogP contribution in [0, 0.1) is 17.7 Å². The van der Waals surface area contributed by atoms with Gasteiger partial charge in [0, 0.05) is 10.6 Å². The van der Waals surface area contributed by atoms with Gasteiger partial charge >= 0.3 is 0 Å². The first-order chi connectivity index (χ1) is 9.69. The van der Waals surface area contributed by atoms with Crippen molar-refractivity contribution in [3.63, 3.8) is 0 Å². The smallest absolute Gasteiger partial charge is 0.140 e. The van der Waals surface area contributed by atoms with E-state index in [-0.39, 0.29) is 0 Å². The third-order valence-electron chi connectivity index (χ3n) is 2.86. The Labute approximate surface area is 123 Å². The van der Waals surface area contributed by atoms with E-state index < -0.39 is 5.82 Å². The molecule has 0 saturated carbocycles. The molecule has 0 unspecified atom stereocenters. The van der Waals surface area contributed by atoms with Gasteiger partial charge in [-0.25, -0.2) is 4.39 Å². The van der Waals surface area contributed by atoms with Crippen LogP contribution in [0.4, 0.5) is 4.39 Å². The topological polar surface area (TPSA) is 0 Å². The number of halogens is 2. The van der Waals surface area contributed by atoms with Crippen LogP contribution in [-0.2, 0) is 6.42 Å². The van der Waals surface area contributed by atoms with Crippen molar-refractivity contribution in [1.82, 2.24) is 0 Å². The largest absolute Gasteiger partial charge is 0.206 e. The van der Waals surface area contributed by atoms with Crippen LogP contribution in [0.2, 0.25) is 5.02 Å². The Kier molecular flexibility index (Phi) is 4.98. The zero-order valence-corrected chi connectivity index (χ0v) is 11.8. The summed E-state index contributed by atoms with van der Waals surface area (Å²) in [5, 5.41) is 0.375. The molecule has 0 nitrogen and oxygen atoms in total. The molecule has 0 N–H and O–H groups in total. The van der Waals surface area contributed by atoms with Gasteiger partial charge in [0.1, 0.15) is 5.82 Å². The van der Waals surface area contributed by atoms with Gasteiger partial charge in [0.25, 0.3) is 0 Å². The van der Waals surface area contributed by atoms with Crippen LogP contribution >= 0.6 is 11.6 Å². The van der Waals surface area contributed by atoms with E-state index >= 15 is 0 Å². The summed E-state index contributed by atoms with van der Waals surface area (Å²) in [7, 11) is 0. The van der Waals surface area contributed by atoms with Crippen LogP contribution < -0.4 is 0 Å². The normalized spacial score (nSPS) is 9.70. The molecule has 0 fully saturated rings. The second-order valence-corrected chi connectivity index (χ2v) is 4.83. The van der Waals surface area contributed by atoms with Crippen molar-refractivity contribution in [2.45, 2.75) is 12.8 Å². The molecule has 100 valence electrons. The predicted molar refractivity (Wildman–Crippen MR) is 82.4 cm³/mol. The quantitative estimate of drug-likeness (QED) is 0.550. The summed E-state index contributed by atoms with van der Waals surface area (Å²) in [6.07, 6.45) is 3.83. The van der Waals surface area contributed by atoms with E-state index in [0.717, 1.165) is 18.4 Å². The number of hydrogen-bond donors (Lipinski definition) is 0. The molecule has 0 amide bonds. The van der Waals surface area contributed by atoms with Gasteiger partial charge in [0.05, 0.1) is 5.56 Å². The fraction of sp³-hybridized carbons (Fsp3) is 0.111. The second kappa shape index (κ2) is 6.93. The Morgan fingerprint density at radius 3 is 2.50 bits per heavy atom. The highest BCUT2D eigenvalue weighted by Crippen LogP contribution is 2.14. The fourth-order valence-electron chi connectivity index (χ4n) is 1.75. The first-order valence-electron chi connectivity index (χ1n) is 6.36. The number of aryl methyl sites for hydroxylation is 1. The maximum Gasteiger partial charge on any atom is 0.140 e. The maximum absolute atomic E-state index is 13.6. The summed E-state index contributed by atoms with van der Waals surface area (Å²) >= 11 is 5.70. The number of allylic oxidation sites excluding steroid dienone is 1. The summed E-state index contributed by atoms with van der Waals surface area (Å²) in [5.41, 5.74) is 2.46. The summed E-state index contributed by atoms with van der Waals surface area (Å²) in [4.78, 5) is 0. The molecule has 0 radical (unpaired) electrons. The summed E-state index contributed by atoms with van der Waals surface area (Å²) in [5.74, 6) is 5.37. The first-order valence-corrected chi connectivity index (χ1v) is 6.74. The first kappa shape index (κ1) is 14.4. The zero-order chi connectivity index (χ0) is 14.4. The van der Waals surface area contributed by atoms with Crippen molar-refractivity contribution in [3.05, 3.63) is 82.6 Å². The van der Waals surface area contributed by atoms with Crippen LogP contribution in [0.5, 0.6) is 0 Å². The molecular weight excluding hydrogens is 271 g/mol. The molecule has 2 heteroatoms. The van der Waals surface area contributed by atoms with Crippen LogP contribution in [0.1, 0.15) is 23.1 Å². The van der Waals surface area contributed by atoms with Crippen molar-refractivity contribution in [2.75, 3.05) is 0 Å². The lowest BCUT2D eigenvalue weighted by molar-refractivity contribution is 0.624. The molecule has 0 bridgehead atoms. The highest BCUT2D eigenvalue weighted by atomic mass is 35.5. The Morgan fingerprint density at radius 1 is 1.10 bits per heavy atom. The highest BCUT2D eigenvalue weighted by molar-refractivity contribution is 6.30. The molecule has 2 rings (SSSR count). The van der Waals surface area contributed by atoms with Gasteiger partial charge in [-0.3, -0.25) is 0 Å². The molecular formula is C18H14ClF. The van der Waals surface area contributed by atoms with Crippen LogP contribution in [-0.4, -0.2) is 0 Å². The molecule has 2 aromatic rings. The molecule has 0 heterocycles. The van der Waals surface area contributed by atoms with E-state index in [1.165, 1.54) is 11.6 Å². The molecule has 0 aliphatic rings. The van der Waals surface area contributed by atoms with Gasteiger partial charge in [-0.2, -0.15) is 0 Å². The van der Waals surface area contributed by atoms with Gasteiger partial charge in [0.2, 0.25) is 0 Å². The van der Waals surface area contributed by atoms with E-state index in [1.54, 1.807) is 12.1 Å². The second-order valence-electron chi connectivity index (χ2n) is 4.40. The molecule has 0 aliphatic heterocycles. The highest BCUT2D eigenvalue weighted by Gasteiger charge is 1.99. The van der Waals surface area contributed by atoms with Gasteiger partial charge in [0.15, 0.2) is 0 Å². The molecule has 20 heavy (non-hydrogen) atoms. The molecule has 0 spiro atoms. The van der Waals surface area contributed by atoms with E-state index in [1.807, 2.05) is 30.3 Å². The molecule has 2 aromatic carbocycles. The van der Waals surface area contributed by atoms with Crippen LogP contribution in [0.3, 0.4) is 0 Å². The molecule has 0 aliphatic carbocycles.